The first-order valence-electron chi connectivity index (χ1n) is 4.14. The molecule has 1 aromatic rings. The minimum absolute atomic E-state index is 0.497. The van der Waals surface area contributed by atoms with E-state index in [0.29, 0.717) is 12.5 Å². The molecule has 0 aliphatic heterocycles. The fourth-order valence-electron chi connectivity index (χ4n) is 0.986. The van der Waals surface area contributed by atoms with Crippen molar-refractivity contribution in [1.82, 2.24) is 10.3 Å². The Kier molecular flexibility index (Phi) is 4.21. The van der Waals surface area contributed by atoms with Crippen molar-refractivity contribution >= 4 is 11.3 Å². The van der Waals surface area contributed by atoms with Gasteiger partial charge in [-0.1, -0.05) is 6.92 Å². The van der Waals surface area contributed by atoms with Crippen molar-refractivity contribution in [3.63, 3.8) is 0 Å². The lowest BCUT2D eigenvalue weighted by Crippen LogP contribution is -2.26. The van der Waals surface area contributed by atoms with Gasteiger partial charge in [-0.2, -0.15) is 0 Å². The topological polar surface area (TPSA) is 50.9 Å². The maximum Gasteiger partial charge on any atom is 0.0965 e. The molecule has 0 aliphatic carbocycles. The Hall–Kier alpha value is -0.450. The van der Waals surface area contributed by atoms with E-state index in [1.165, 1.54) is 5.01 Å². The quantitative estimate of drug-likeness (QED) is 0.667. The zero-order valence-corrected chi connectivity index (χ0v) is 8.10. The van der Waals surface area contributed by atoms with E-state index in [-0.39, 0.29) is 0 Å². The van der Waals surface area contributed by atoms with Crippen LogP contribution in [0, 0.1) is 0 Å². The lowest BCUT2D eigenvalue weighted by Gasteiger charge is -2.08. The molecular formula is C8H15N3S. The number of thiazole rings is 1. The Balaban J connectivity index is 2.25. The van der Waals surface area contributed by atoms with Gasteiger partial charge in [0.1, 0.15) is 0 Å². The first-order valence-corrected chi connectivity index (χ1v) is 5.02. The fourth-order valence-corrected chi connectivity index (χ4v) is 1.68. The summed E-state index contributed by atoms with van der Waals surface area (Å²) in [5, 5.41) is 6.47. The molecule has 0 amide bonds. The van der Waals surface area contributed by atoms with E-state index in [1.807, 2.05) is 11.6 Å². The second kappa shape index (κ2) is 5.24. The van der Waals surface area contributed by atoms with Crippen LogP contribution < -0.4 is 11.1 Å². The number of hydrogen-bond acceptors (Lipinski definition) is 4. The predicted octanol–water partition coefficient (Wildman–Crippen LogP) is 0.795. The summed E-state index contributed by atoms with van der Waals surface area (Å²) in [5.41, 5.74) is 5.36. The average molecular weight is 185 g/mol. The van der Waals surface area contributed by atoms with Crippen molar-refractivity contribution in [3.05, 3.63) is 16.6 Å². The molecule has 1 rings (SSSR count). The third kappa shape index (κ3) is 2.89. The molecule has 0 radical (unpaired) electrons. The lowest BCUT2D eigenvalue weighted by molar-refractivity contribution is 0.618. The first kappa shape index (κ1) is 9.64. The molecule has 12 heavy (non-hydrogen) atoms. The van der Waals surface area contributed by atoms with E-state index in [2.05, 4.69) is 17.2 Å². The van der Waals surface area contributed by atoms with Crippen molar-refractivity contribution in [3.8, 4) is 0 Å². The summed E-state index contributed by atoms with van der Waals surface area (Å²) in [6.45, 7) is 4.72. The average Bonchev–Trinajstić information content (AvgIpc) is 2.56. The molecule has 3 nitrogen and oxygen atoms in total. The van der Waals surface area contributed by atoms with Crippen LogP contribution >= 0.6 is 11.3 Å². The monoisotopic (exact) mass is 185 g/mol. The molecule has 0 saturated heterocycles. The molecule has 0 spiro atoms. The van der Waals surface area contributed by atoms with Crippen LogP contribution in [0.25, 0.3) is 0 Å². The SMILES string of the molecule is CC(CNCCN)c1nccs1. The normalized spacial score (nSPS) is 13.2. The van der Waals surface area contributed by atoms with E-state index in [1.54, 1.807) is 11.3 Å². The van der Waals surface area contributed by atoms with Gasteiger partial charge >= 0.3 is 0 Å². The van der Waals surface area contributed by atoms with Gasteiger partial charge < -0.3 is 11.1 Å². The Morgan fingerprint density at radius 3 is 3.17 bits per heavy atom. The summed E-state index contributed by atoms with van der Waals surface area (Å²) in [6.07, 6.45) is 1.85. The van der Waals surface area contributed by atoms with E-state index in [4.69, 9.17) is 5.73 Å². The number of nitrogens with one attached hydrogen (secondary N) is 1. The van der Waals surface area contributed by atoms with Gasteiger partial charge in [0.05, 0.1) is 5.01 Å². The highest BCUT2D eigenvalue weighted by atomic mass is 32.1. The standard InChI is InChI=1S/C8H15N3S/c1-7(6-10-3-2-9)8-11-4-5-12-8/h4-5,7,10H,2-3,6,9H2,1H3. The summed E-state index contributed by atoms with van der Waals surface area (Å²) in [7, 11) is 0. The zero-order valence-electron chi connectivity index (χ0n) is 7.29. The third-order valence-corrected chi connectivity index (χ3v) is 2.65. The molecule has 0 aromatic carbocycles. The third-order valence-electron chi connectivity index (χ3n) is 1.64. The summed E-state index contributed by atoms with van der Waals surface area (Å²) in [4.78, 5) is 4.24. The molecule has 0 bridgehead atoms. The highest BCUT2D eigenvalue weighted by Gasteiger charge is 2.06. The Bertz CT molecular complexity index is 198. The van der Waals surface area contributed by atoms with Gasteiger partial charge in [0, 0.05) is 37.1 Å². The Morgan fingerprint density at radius 2 is 2.58 bits per heavy atom. The van der Waals surface area contributed by atoms with Crippen LogP contribution in [0.5, 0.6) is 0 Å². The number of rotatable bonds is 5. The van der Waals surface area contributed by atoms with Gasteiger partial charge in [-0.25, -0.2) is 4.98 Å². The van der Waals surface area contributed by atoms with Crippen molar-refractivity contribution in [2.45, 2.75) is 12.8 Å². The van der Waals surface area contributed by atoms with Gasteiger partial charge in [0.15, 0.2) is 0 Å². The van der Waals surface area contributed by atoms with Crippen LogP contribution in [-0.4, -0.2) is 24.6 Å². The second-order valence-electron chi connectivity index (χ2n) is 2.76. The van der Waals surface area contributed by atoms with Gasteiger partial charge in [0.2, 0.25) is 0 Å². The minimum Gasteiger partial charge on any atom is -0.329 e. The first-order chi connectivity index (χ1) is 5.84. The smallest absolute Gasteiger partial charge is 0.0965 e. The van der Waals surface area contributed by atoms with Gasteiger partial charge in [-0.05, 0) is 0 Å². The number of nitrogens with zero attached hydrogens (tertiary/aromatic N) is 1. The highest BCUT2D eigenvalue weighted by molar-refractivity contribution is 7.09. The number of nitrogens with two attached hydrogens (primary N) is 1. The molecule has 3 N–H and O–H groups in total. The van der Waals surface area contributed by atoms with Crippen LogP contribution in [0.15, 0.2) is 11.6 Å². The van der Waals surface area contributed by atoms with E-state index in [9.17, 15) is 0 Å². The second-order valence-corrected chi connectivity index (χ2v) is 3.69. The van der Waals surface area contributed by atoms with Crippen LogP contribution in [0.3, 0.4) is 0 Å². The fraction of sp³-hybridized carbons (Fsp3) is 0.625. The molecule has 1 aromatic heterocycles. The van der Waals surface area contributed by atoms with Crippen molar-refractivity contribution in [1.29, 1.82) is 0 Å². The van der Waals surface area contributed by atoms with Crippen LogP contribution in [0.2, 0.25) is 0 Å². The van der Waals surface area contributed by atoms with Gasteiger partial charge in [0.25, 0.3) is 0 Å². The van der Waals surface area contributed by atoms with Crippen molar-refractivity contribution in [2.75, 3.05) is 19.6 Å². The summed E-state index contributed by atoms with van der Waals surface area (Å²) in [6, 6.07) is 0. The maximum atomic E-state index is 5.36. The number of hydrogen-bond donors (Lipinski definition) is 2. The zero-order chi connectivity index (χ0) is 8.81. The molecule has 1 heterocycles. The molecule has 4 heteroatoms. The predicted molar refractivity (Wildman–Crippen MR) is 52.5 cm³/mol. The van der Waals surface area contributed by atoms with E-state index < -0.39 is 0 Å². The lowest BCUT2D eigenvalue weighted by atomic mass is 10.2. The molecule has 1 atom stereocenters. The highest BCUT2D eigenvalue weighted by Crippen LogP contribution is 2.15. The molecule has 0 saturated carbocycles. The minimum atomic E-state index is 0.497. The molecule has 0 aliphatic rings. The molecular weight excluding hydrogens is 170 g/mol. The van der Waals surface area contributed by atoms with E-state index >= 15 is 0 Å². The Morgan fingerprint density at radius 1 is 1.75 bits per heavy atom. The van der Waals surface area contributed by atoms with Gasteiger partial charge in [-0.15, -0.1) is 11.3 Å². The summed E-state index contributed by atoms with van der Waals surface area (Å²) in [5.74, 6) is 0.497. The number of aromatic nitrogens is 1. The maximum absolute atomic E-state index is 5.36. The molecule has 68 valence electrons. The largest absolute Gasteiger partial charge is 0.329 e. The van der Waals surface area contributed by atoms with Crippen LogP contribution in [-0.2, 0) is 0 Å². The molecule has 1 unspecified atom stereocenters. The van der Waals surface area contributed by atoms with Gasteiger partial charge in [-0.3, -0.25) is 0 Å². The summed E-state index contributed by atoms with van der Waals surface area (Å²) >= 11 is 1.71. The molecule has 0 fully saturated rings. The van der Waals surface area contributed by atoms with Crippen molar-refractivity contribution in [2.24, 2.45) is 5.73 Å². The summed E-state index contributed by atoms with van der Waals surface area (Å²) < 4.78 is 0. The van der Waals surface area contributed by atoms with Crippen molar-refractivity contribution < 1.29 is 0 Å². The van der Waals surface area contributed by atoms with Crippen LogP contribution in [0.4, 0.5) is 0 Å². The van der Waals surface area contributed by atoms with Crippen LogP contribution in [0.1, 0.15) is 17.8 Å². The van der Waals surface area contributed by atoms with E-state index in [0.717, 1.165) is 13.1 Å². The Labute approximate surface area is 77.0 Å².